The van der Waals surface area contributed by atoms with E-state index in [-0.39, 0.29) is 0 Å². The highest BCUT2D eigenvalue weighted by atomic mass is 15.1. The van der Waals surface area contributed by atoms with Crippen molar-refractivity contribution in [2.24, 2.45) is 17.8 Å². The van der Waals surface area contributed by atoms with Gasteiger partial charge in [0.25, 0.3) is 0 Å². The molecule has 3 rings (SSSR count). The number of aromatic nitrogens is 3. The second-order valence-electron chi connectivity index (χ2n) is 7.68. The maximum atomic E-state index is 4.60. The minimum Gasteiger partial charge on any atom is -0.310 e. The Morgan fingerprint density at radius 2 is 2.08 bits per heavy atom. The average molecular weight is 326 g/mol. The summed E-state index contributed by atoms with van der Waals surface area (Å²) in [6, 6.07) is 4.88. The molecular weight excluding hydrogens is 296 g/mol. The van der Waals surface area contributed by atoms with Gasteiger partial charge in [-0.25, -0.2) is 9.97 Å². The van der Waals surface area contributed by atoms with E-state index in [2.05, 4.69) is 48.2 Å². The SMILES string of the molecule is Cc1nccn1-c1ccc(CNC2CC(C)CCC2C(C)C)cn1. The van der Waals surface area contributed by atoms with Gasteiger partial charge >= 0.3 is 0 Å². The zero-order valence-corrected chi connectivity index (χ0v) is 15.4. The van der Waals surface area contributed by atoms with Crippen molar-refractivity contribution >= 4 is 0 Å². The summed E-state index contributed by atoms with van der Waals surface area (Å²) in [5, 5.41) is 3.81. The zero-order chi connectivity index (χ0) is 17.1. The summed E-state index contributed by atoms with van der Waals surface area (Å²) in [5.74, 6) is 4.27. The molecule has 4 heteroatoms. The Morgan fingerprint density at radius 3 is 2.71 bits per heavy atom. The predicted octanol–water partition coefficient (Wildman–Crippen LogP) is 4.13. The third-order valence-corrected chi connectivity index (χ3v) is 5.47. The molecule has 4 nitrogen and oxygen atoms in total. The Labute approximate surface area is 145 Å². The molecule has 24 heavy (non-hydrogen) atoms. The molecule has 2 aromatic rings. The van der Waals surface area contributed by atoms with E-state index in [0.29, 0.717) is 6.04 Å². The van der Waals surface area contributed by atoms with E-state index < -0.39 is 0 Å². The van der Waals surface area contributed by atoms with E-state index in [1.165, 1.54) is 24.8 Å². The smallest absolute Gasteiger partial charge is 0.137 e. The van der Waals surface area contributed by atoms with Crippen LogP contribution in [0.15, 0.2) is 30.7 Å². The summed E-state index contributed by atoms with van der Waals surface area (Å²) >= 11 is 0. The lowest BCUT2D eigenvalue weighted by Gasteiger charge is -2.38. The highest BCUT2D eigenvalue weighted by Gasteiger charge is 2.30. The molecule has 3 atom stereocenters. The summed E-state index contributed by atoms with van der Waals surface area (Å²) < 4.78 is 2.01. The molecule has 3 unspecified atom stereocenters. The predicted molar refractivity (Wildman–Crippen MR) is 98.1 cm³/mol. The molecule has 0 spiro atoms. The molecule has 0 aromatic carbocycles. The minimum absolute atomic E-state index is 0.629. The van der Waals surface area contributed by atoms with Gasteiger partial charge in [-0.3, -0.25) is 4.57 Å². The maximum absolute atomic E-state index is 4.60. The van der Waals surface area contributed by atoms with Gasteiger partial charge in [0.15, 0.2) is 0 Å². The number of aryl methyl sites for hydroxylation is 1. The zero-order valence-electron chi connectivity index (χ0n) is 15.4. The molecule has 2 aromatic heterocycles. The second kappa shape index (κ2) is 7.47. The van der Waals surface area contributed by atoms with Crippen LogP contribution in [0, 0.1) is 24.7 Å². The molecule has 1 aliphatic rings. The Morgan fingerprint density at radius 1 is 1.25 bits per heavy atom. The first-order chi connectivity index (χ1) is 11.5. The number of hydrogen-bond donors (Lipinski definition) is 1. The van der Waals surface area contributed by atoms with Crippen molar-refractivity contribution in [1.82, 2.24) is 19.9 Å². The fourth-order valence-corrected chi connectivity index (χ4v) is 3.97. The first kappa shape index (κ1) is 17.2. The molecule has 130 valence electrons. The Bertz CT molecular complexity index is 644. The van der Waals surface area contributed by atoms with Gasteiger partial charge < -0.3 is 5.32 Å². The number of nitrogens with one attached hydrogen (secondary N) is 1. The highest BCUT2D eigenvalue weighted by molar-refractivity contribution is 5.27. The van der Waals surface area contributed by atoms with Crippen LogP contribution < -0.4 is 5.32 Å². The van der Waals surface area contributed by atoms with E-state index in [4.69, 9.17) is 0 Å². The first-order valence-corrected chi connectivity index (χ1v) is 9.23. The van der Waals surface area contributed by atoms with Crippen molar-refractivity contribution in [3.63, 3.8) is 0 Å². The maximum Gasteiger partial charge on any atom is 0.137 e. The topological polar surface area (TPSA) is 42.7 Å². The van der Waals surface area contributed by atoms with Gasteiger partial charge in [-0.15, -0.1) is 0 Å². The largest absolute Gasteiger partial charge is 0.310 e. The van der Waals surface area contributed by atoms with E-state index in [1.54, 1.807) is 0 Å². The van der Waals surface area contributed by atoms with Crippen molar-refractivity contribution in [3.8, 4) is 5.82 Å². The number of nitrogens with zero attached hydrogens (tertiary/aromatic N) is 3. The molecule has 0 bridgehead atoms. The summed E-state index contributed by atoms with van der Waals surface area (Å²) in [7, 11) is 0. The molecule has 1 aliphatic carbocycles. The van der Waals surface area contributed by atoms with Crippen molar-refractivity contribution in [3.05, 3.63) is 42.1 Å². The quantitative estimate of drug-likeness (QED) is 0.898. The lowest BCUT2D eigenvalue weighted by molar-refractivity contribution is 0.169. The summed E-state index contributed by atoms with van der Waals surface area (Å²) in [6.45, 7) is 10.00. The molecule has 1 fully saturated rings. The summed E-state index contributed by atoms with van der Waals surface area (Å²) in [6.07, 6.45) is 9.77. The van der Waals surface area contributed by atoms with E-state index in [9.17, 15) is 0 Å². The fourth-order valence-electron chi connectivity index (χ4n) is 3.97. The average Bonchev–Trinajstić information content (AvgIpc) is 2.99. The number of rotatable bonds is 5. The van der Waals surface area contributed by atoms with Crippen molar-refractivity contribution in [2.45, 2.75) is 59.5 Å². The van der Waals surface area contributed by atoms with Crippen molar-refractivity contribution < 1.29 is 0 Å². The highest BCUT2D eigenvalue weighted by Crippen LogP contribution is 2.33. The van der Waals surface area contributed by atoms with Crippen LogP contribution in [0.1, 0.15) is 51.4 Å². The molecular formula is C20H30N4. The fraction of sp³-hybridized carbons (Fsp3) is 0.600. The van der Waals surface area contributed by atoms with Gasteiger partial charge in [-0.1, -0.05) is 33.3 Å². The normalized spacial score (nSPS) is 24.5. The van der Waals surface area contributed by atoms with Crippen molar-refractivity contribution in [2.75, 3.05) is 0 Å². The van der Waals surface area contributed by atoms with Crippen LogP contribution >= 0.6 is 0 Å². The van der Waals surface area contributed by atoms with Crippen molar-refractivity contribution in [1.29, 1.82) is 0 Å². The molecule has 1 N–H and O–H groups in total. The Balaban J connectivity index is 1.62. The van der Waals surface area contributed by atoms with Gasteiger partial charge in [0, 0.05) is 31.2 Å². The van der Waals surface area contributed by atoms with Crippen LogP contribution in [0.5, 0.6) is 0 Å². The monoisotopic (exact) mass is 326 g/mol. The van der Waals surface area contributed by atoms with Crippen LogP contribution in [0.3, 0.4) is 0 Å². The van der Waals surface area contributed by atoms with E-state index in [0.717, 1.165) is 35.9 Å². The van der Waals surface area contributed by atoms with E-state index >= 15 is 0 Å². The second-order valence-corrected chi connectivity index (χ2v) is 7.68. The third-order valence-electron chi connectivity index (χ3n) is 5.47. The number of pyridine rings is 1. The Hall–Kier alpha value is -1.68. The standard InChI is InChI=1S/C20H30N4/c1-14(2)18-7-5-15(3)11-19(18)22-12-17-6-8-20(23-13-17)24-10-9-21-16(24)4/h6,8-10,13-15,18-19,22H,5,7,11-12H2,1-4H3. The number of hydrogen-bond acceptors (Lipinski definition) is 3. The van der Waals surface area contributed by atoms with Gasteiger partial charge in [0.1, 0.15) is 11.6 Å². The molecule has 2 heterocycles. The minimum atomic E-state index is 0.629. The third kappa shape index (κ3) is 3.86. The first-order valence-electron chi connectivity index (χ1n) is 9.23. The van der Waals surface area contributed by atoms with Crippen LogP contribution in [0.25, 0.3) is 5.82 Å². The van der Waals surface area contributed by atoms with Crippen LogP contribution in [-0.2, 0) is 6.54 Å². The van der Waals surface area contributed by atoms with Gasteiger partial charge in [-0.05, 0) is 49.1 Å². The van der Waals surface area contributed by atoms with Crippen LogP contribution in [0.2, 0.25) is 0 Å². The van der Waals surface area contributed by atoms with Gasteiger partial charge in [0.2, 0.25) is 0 Å². The molecule has 0 amide bonds. The van der Waals surface area contributed by atoms with E-state index in [1.807, 2.05) is 30.1 Å². The molecule has 0 aliphatic heterocycles. The molecule has 1 saturated carbocycles. The molecule has 0 saturated heterocycles. The lowest BCUT2D eigenvalue weighted by Crippen LogP contribution is -2.42. The van der Waals surface area contributed by atoms with Crippen LogP contribution in [0.4, 0.5) is 0 Å². The summed E-state index contributed by atoms with van der Waals surface area (Å²) in [4.78, 5) is 8.85. The van der Waals surface area contributed by atoms with Crippen LogP contribution in [-0.4, -0.2) is 20.6 Å². The Kier molecular flexibility index (Phi) is 5.34. The number of imidazole rings is 1. The van der Waals surface area contributed by atoms with Gasteiger partial charge in [-0.2, -0.15) is 0 Å². The summed E-state index contributed by atoms with van der Waals surface area (Å²) in [5.41, 5.74) is 1.25. The van der Waals surface area contributed by atoms with Gasteiger partial charge in [0.05, 0.1) is 0 Å². The molecule has 0 radical (unpaired) electrons. The lowest BCUT2D eigenvalue weighted by atomic mass is 9.74.